The molecule has 24 heavy (non-hydrogen) atoms. The first-order valence-electron chi connectivity index (χ1n) is 7.70. The molecule has 2 aromatic rings. The Morgan fingerprint density at radius 1 is 1.21 bits per heavy atom. The van der Waals surface area contributed by atoms with Crippen LogP contribution >= 0.6 is 0 Å². The molecule has 0 saturated carbocycles. The third-order valence-corrected chi connectivity index (χ3v) is 3.30. The number of nitrogens with two attached hydrogens (primary N) is 1. The van der Waals surface area contributed by atoms with E-state index in [1.165, 1.54) is 6.08 Å². The summed E-state index contributed by atoms with van der Waals surface area (Å²) in [5.41, 5.74) is 8.46. The molecule has 0 spiro atoms. The Labute approximate surface area is 142 Å². The summed E-state index contributed by atoms with van der Waals surface area (Å²) in [6, 6.07) is 15.3. The minimum absolute atomic E-state index is 0.171. The fraction of sp³-hybridized carbons (Fsp3) is 0.211. The lowest BCUT2D eigenvalue weighted by molar-refractivity contribution is -0.116. The number of carbonyl (C=O) groups excluding carboxylic acids is 1. The van der Waals surface area contributed by atoms with Crippen molar-refractivity contribution in [2.45, 2.75) is 6.61 Å². The number of benzene rings is 2. The van der Waals surface area contributed by atoms with E-state index in [-0.39, 0.29) is 5.91 Å². The van der Waals surface area contributed by atoms with E-state index >= 15 is 0 Å². The first-order chi connectivity index (χ1) is 11.7. The summed E-state index contributed by atoms with van der Waals surface area (Å²) in [6.07, 6.45) is 3.18. The highest BCUT2D eigenvalue weighted by molar-refractivity contribution is 5.91. The van der Waals surface area contributed by atoms with E-state index in [0.29, 0.717) is 31.2 Å². The minimum Gasteiger partial charge on any atom is -0.487 e. The van der Waals surface area contributed by atoms with E-state index in [4.69, 9.17) is 15.2 Å². The van der Waals surface area contributed by atoms with E-state index in [2.05, 4.69) is 5.32 Å². The Morgan fingerprint density at radius 3 is 2.71 bits per heavy atom. The fourth-order valence-electron chi connectivity index (χ4n) is 2.04. The quantitative estimate of drug-likeness (QED) is 0.444. The topological polar surface area (TPSA) is 73.6 Å². The molecule has 0 aliphatic rings. The molecule has 0 saturated heterocycles. The van der Waals surface area contributed by atoms with Crippen molar-refractivity contribution in [3.63, 3.8) is 0 Å². The highest BCUT2D eigenvalue weighted by Gasteiger charge is 2.02. The average Bonchev–Trinajstić information content (AvgIpc) is 2.60. The molecule has 2 aromatic carbocycles. The Bertz CT molecular complexity index is 684. The number of nitrogen functional groups attached to an aromatic ring is 1. The van der Waals surface area contributed by atoms with Gasteiger partial charge in [0.15, 0.2) is 0 Å². The first kappa shape index (κ1) is 17.6. The number of nitrogens with one attached hydrogen (secondary N) is 1. The summed E-state index contributed by atoms with van der Waals surface area (Å²) in [4.78, 5) is 11.6. The standard InChI is InChI=1S/C19H22N2O3/c1-23-12-11-21-19(22)10-8-15-7-9-18(17(20)13-15)24-14-16-5-3-2-4-6-16/h2-10,13H,11-12,14,20H2,1H3,(H,21,22)/b10-8-. The first-order valence-corrected chi connectivity index (χ1v) is 7.70. The zero-order valence-electron chi connectivity index (χ0n) is 13.7. The molecule has 126 valence electrons. The fourth-order valence-corrected chi connectivity index (χ4v) is 2.04. The van der Waals surface area contributed by atoms with Gasteiger partial charge in [-0.25, -0.2) is 0 Å². The summed E-state index contributed by atoms with van der Waals surface area (Å²) in [7, 11) is 1.59. The molecule has 3 N–H and O–H groups in total. The van der Waals surface area contributed by atoms with Gasteiger partial charge < -0.3 is 20.5 Å². The maximum absolute atomic E-state index is 11.6. The normalized spacial score (nSPS) is 10.7. The number of rotatable bonds is 8. The van der Waals surface area contributed by atoms with Gasteiger partial charge in [0, 0.05) is 19.7 Å². The van der Waals surface area contributed by atoms with Crippen LogP contribution in [0, 0.1) is 0 Å². The van der Waals surface area contributed by atoms with E-state index in [9.17, 15) is 4.79 Å². The van der Waals surface area contributed by atoms with Gasteiger partial charge in [-0.2, -0.15) is 0 Å². The van der Waals surface area contributed by atoms with E-state index < -0.39 is 0 Å². The number of hydrogen-bond acceptors (Lipinski definition) is 4. The van der Waals surface area contributed by atoms with Gasteiger partial charge >= 0.3 is 0 Å². The molecule has 0 radical (unpaired) electrons. The molecule has 0 aromatic heterocycles. The zero-order chi connectivity index (χ0) is 17.2. The second kappa shape index (κ2) is 9.37. The van der Waals surface area contributed by atoms with Gasteiger partial charge in [0.05, 0.1) is 12.3 Å². The molecule has 0 atom stereocenters. The summed E-state index contributed by atoms with van der Waals surface area (Å²) >= 11 is 0. The molecule has 0 aliphatic carbocycles. The van der Waals surface area contributed by atoms with Crippen molar-refractivity contribution in [1.82, 2.24) is 5.32 Å². The van der Waals surface area contributed by atoms with Crippen LogP contribution in [0.3, 0.4) is 0 Å². The van der Waals surface area contributed by atoms with Crippen LogP contribution in [0.5, 0.6) is 5.75 Å². The van der Waals surface area contributed by atoms with Gasteiger partial charge in [0.1, 0.15) is 12.4 Å². The third-order valence-electron chi connectivity index (χ3n) is 3.30. The summed E-state index contributed by atoms with van der Waals surface area (Å²) < 4.78 is 10.6. The van der Waals surface area contributed by atoms with Crippen molar-refractivity contribution in [1.29, 1.82) is 0 Å². The highest BCUT2D eigenvalue weighted by atomic mass is 16.5. The van der Waals surface area contributed by atoms with Crippen LogP contribution in [-0.2, 0) is 16.1 Å². The van der Waals surface area contributed by atoms with Gasteiger partial charge in [-0.3, -0.25) is 4.79 Å². The van der Waals surface area contributed by atoms with Crippen LogP contribution in [0.15, 0.2) is 54.6 Å². The van der Waals surface area contributed by atoms with Crippen LogP contribution in [-0.4, -0.2) is 26.2 Å². The van der Waals surface area contributed by atoms with Crippen LogP contribution in [0.2, 0.25) is 0 Å². The van der Waals surface area contributed by atoms with E-state index in [0.717, 1.165) is 11.1 Å². The van der Waals surface area contributed by atoms with Crippen LogP contribution in [0.4, 0.5) is 5.69 Å². The molecule has 0 heterocycles. The van der Waals surface area contributed by atoms with E-state index in [1.807, 2.05) is 36.4 Å². The lowest BCUT2D eigenvalue weighted by Crippen LogP contribution is -2.24. The smallest absolute Gasteiger partial charge is 0.244 e. The van der Waals surface area contributed by atoms with Gasteiger partial charge in [0.25, 0.3) is 0 Å². The van der Waals surface area contributed by atoms with E-state index in [1.54, 1.807) is 25.3 Å². The van der Waals surface area contributed by atoms with Crippen molar-refractivity contribution in [3.8, 4) is 5.75 Å². The van der Waals surface area contributed by atoms with Crippen LogP contribution in [0.1, 0.15) is 11.1 Å². The zero-order valence-corrected chi connectivity index (χ0v) is 13.7. The highest BCUT2D eigenvalue weighted by Crippen LogP contribution is 2.24. The lowest BCUT2D eigenvalue weighted by atomic mass is 10.1. The van der Waals surface area contributed by atoms with Crippen molar-refractivity contribution in [2.24, 2.45) is 0 Å². The largest absolute Gasteiger partial charge is 0.487 e. The minimum atomic E-state index is -0.171. The third kappa shape index (κ3) is 5.78. The van der Waals surface area contributed by atoms with Crippen molar-refractivity contribution < 1.29 is 14.3 Å². The molecule has 0 bridgehead atoms. The molecule has 2 rings (SSSR count). The summed E-state index contributed by atoms with van der Waals surface area (Å²) in [5, 5.41) is 2.71. The SMILES string of the molecule is COCCNC(=O)/C=C\c1ccc(OCc2ccccc2)c(N)c1. The van der Waals surface area contributed by atoms with Crippen molar-refractivity contribution >= 4 is 17.7 Å². The van der Waals surface area contributed by atoms with Gasteiger partial charge in [-0.1, -0.05) is 36.4 Å². The maximum Gasteiger partial charge on any atom is 0.244 e. The molecule has 1 amide bonds. The Balaban J connectivity index is 1.90. The molecule has 0 unspecified atom stereocenters. The molecule has 0 aliphatic heterocycles. The molecular weight excluding hydrogens is 304 g/mol. The molecule has 5 nitrogen and oxygen atoms in total. The van der Waals surface area contributed by atoms with Crippen LogP contribution < -0.4 is 15.8 Å². The maximum atomic E-state index is 11.6. The lowest BCUT2D eigenvalue weighted by Gasteiger charge is -2.09. The summed E-state index contributed by atoms with van der Waals surface area (Å²) in [6.45, 7) is 1.43. The second-order valence-electron chi connectivity index (χ2n) is 5.19. The Kier molecular flexibility index (Phi) is 6.86. The number of amides is 1. The van der Waals surface area contributed by atoms with Gasteiger partial charge in [0.2, 0.25) is 5.91 Å². The predicted octanol–water partition coefficient (Wildman–Crippen LogP) is 2.62. The van der Waals surface area contributed by atoms with Crippen molar-refractivity contribution in [3.05, 3.63) is 65.7 Å². The summed E-state index contributed by atoms with van der Waals surface area (Å²) in [5.74, 6) is 0.454. The Morgan fingerprint density at radius 2 is 2.00 bits per heavy atom. The number of hydrogen-bond donors (Lipinski definition) is 2. The molecule has 0 fully saturated rings. The number of carbonyl (C=O) groups is 1. The number of ether oxygens (including phenoxy) is 2. The van der Waals surface area contributed by atoms with Gasteiger partial charge in [-0.05, 0) is 29.3 Å². The van der Waals surface area contributed by atoms with Crippen molar-refractivity contribution in [2.75, 3.05) is 26.0 Å². The monoisotopic (exact) mass is 326 g/mol. The second-order valence-corrected chi connectivity index (χ2v) is 5.19. The van der Waals surface area contributed by atoms with Gasteiger partial charge in [-0.15, -0.1) is 0 Å². The predicted molar refractivity (Wildman–Crippen MR) is 95.5 cm³/mol. The van der Waals surface area contributed by atoms with Crippen LogP contribution in [0.25, 0.3) is 6.08 Å². The number of anilines is 1. The average molecular weight is 326 g/mol. The molecular formula is C19H22N2O3. The Hall–Kier alpha value is -2.79. The molecule has 5 heteroatoms. The number of methoxy groups -OCH3 is 1.